The van der Waals surface area contributed by atoms with Gasteiger partial charge in [-0.3, -0.25) is 0 Å². The number of rotatable bonds is 0. The summed E-state index contributed by atoms with van der Waals surface area (Å²) in [7, 11) is -6.17. The van der Waals surface area contributed by atoms with Gasteiger partial charge in [-0.25, -0.2) is 0 Å². The van der Waals surface area contributed by atoms with Crippen LogP contribution in [-0.4, -0.2) is 0 Å². The molecule has 0 fully saturated rings. The average Bonchev–Trinajstić information content (AvgIpc) is 2.26. The molecule has 0 bridgehead atoms. The summed E-state index contributed by atoms with van der Waals surface area (Å²) in [4.78, 5) is 6.19. The van der Waals surface area contributed by atoms with Gasteiger partial charge < -0.3 is 0 Å². The molecule has 0 saturated heterocycles. The first-order chi connectivity index (χ1) is 5.97. The maximum absolute atomic E-state index is 8.58. The van der Waals surface area contributed by atoms with Crippen LogP contribution in [-0.2, 0) is 10.7 Å². The van der Waals surface area contributed by atoms with Gasteiger partial charge in [0.15, 0.2) is 0 Å². The monoisotopic (exact) mass is 251 g/mol. The van der Waals surface area contributed by atoms with Gasteiger partial charge in [-0.2, -0.15) is 0 Å². The third kappa shape index (κ3) is 1.34. The molecule has 63 valence electrons. The molecule has 0 aromatic heterocycles. The maximum atomic E-state index is 8.58. The second kappa shape index (κ2) is 3.69. The summed E-state index contributed by atoms with van der Waals surface area (Å²) in [6, 6.07) is 0. The third-order valence-electron chi connectivity index (χ3n) is 1.19. The maximum Gasteiger partial charge on any atom is 1.00 e. The Hall–Kier alpha value is -0.904. The van der Waals surface area contributed by atoms with Gasteiger partial charge in [-0.15, -0.1) is 0 Å². The van der Waals surface area contributed by atoms with Gasteiger partial charge in [0.25, 0.3) is 0 Å². The Morgan fingerprint density at radius 3 is 0.643 bits per heavy atom. The summed E-state index contributed by atoms with van der Waals surface area (Å²) in [6.07, 6.45) is 0. The molecule has 8 heteroatoms. The summed E-state index contributed by atoms with van der Waals surface area (Å²) >= 11 is 0. The first-order valence-corrected chi connectivity index (χ1v) is 5.71. The predicted octanol–water partition coefficient (Wildman–Crippen LogP) is -2.90. The minimum absolute atomic E-state index is 0. The second-order valence-electron chi connectivity index (χ2n) is 1.80. The molecule has 0 amide bonds. The van der Waals surface area contributed by atoms with E-state index in [9.17, 15) is 0 Å². The van der Waals surface area contributed by atoms with Crippen LogP contribution in [0.25, 0.3) is 0 Å². The Morgan fingerprint density at radius 1 is 0.500 bits per heavy atom. The van der Waals surface area contributed by atoms with E-state index in [1.54, 1.807) is 0 Å². The first kappa shape index (κ1) is 15.6. The van der Waals surface area contributed by atoms with Crippen molar-refractivity contribution in [2.24, 2.45) is 0 Å². The largest absolute Gasteiger partial charge is 1.00 e. The van der Waals surface area contributed by atoms with E-state index in [1.807, 2.05) is 0 Å². The van der Waals surface area contributed by atoms with Crippen LogP contribution in [0.2, 0.25) is 0 Å². The standard InChI is InChI=1S/6CN.Fe.K/c6*1-2;;/q;;;;;;-1;+1. The zero-order valence-corrected chi connectivity index (χ0v) is 11.3. The van der Waals surface area contributed by atoms with Crippen molar-refractivity contribution < 1.29 is 62.1 Å². The molecule has 0 heterocycles. The molecule has 0 aliphatic rings. The molecular weight excluding hydrogens is 251 g/mol. The van der Waals surface area contributed by atoms with Gasteiger partial charge >= 0.3 is 123 Å². The number of hydrogen-bond donors (Lipinski definition) is 0. The summed E-state index contributed by atoms with van der Waals surface area (Å²) in [5.74, 6) is 0. The van der Waals surface area contributed by atoms with Crippen LogP contribution in [0.3, 0.4) is 0 Å². The van der Waals surface area contributed by atoms with E-state index < -0.39 is 10.7 Å². The van der Waals surface area contributed by atoms with Gasteiger partial charge in [0.1, 0.15) is 0 Å². The van der Waals surface area contributed by atoms with E-state index in [4.69, 9.17) is 31.6 Å². The fourth-order valence-corrected chi connectivity index (χ4v) is 1.09. The van der Waals surface area contributed by atoms with Gasteiger partial charge in [0.2, 0.25) is 0 Å². The van der Waals surface area contributed by atoms with E-state index in [-0.39, 0.29) is 51.4 Å². The SMILES string of the molecule is N#[C][Fe-]([C]#N)([C]#N)([C]#N)([C]#N)[C]#N.[K+]. The van der Waals surface area contributed by atoms with E-state index in [0.29, 0.717) is 0 Å². The van der Waals surface area contributed by atoms with Gasteiger partial charge in [0.05, 0.1) is 0 Å². The van der Waals surface area contributed by atoms with Crippen molar-refractivity contribution in [3.63, 3.8) is 0 Å². The molecule has 0 aliphatic heterocycles. The van der Waals surface area contributed by atoms with Crippen molar-refractivity contribution in [1.82, 2.24) is 0 Å². The number of hydrogen-bond acceptors (Lipinski definition) is 6. The van der Waals surface area contributed by atoms with E-state index in [2.05, 4.69) is 0 Å². The van der Waals surface area contributed by atoms with Crippen molar-refractivity contribution in [3.05, 3.63) is 0 Å². The Balaban J connectivity index is 0. The Kier molecular flexibility index (Phi) is 4.10. The smallest absolute Gasteiger partial charge is 1.00 e. The van der Waals surface area contributed by atoms with Crippen molar-refractivity contribution in [3.8, 4) is 29.8 Å². The van der Waals surface area contributed by atoms with Crippen LogP contribution in [0, 0.1) is 61.4 Å². The van der Waals surface area contributed by atoms with Crippen LogP contribution in [0.15, 0.2) is 0 Å². The molecular formula is C6FeKN6. The summed E-state index contributed by atoms with van der Waals surface area (Å²) in [5, 5.41) is 51.5. The third-order valence-corrected chi connectivity index (χ3v) is 4.89. The van der Waals surface area contributed by atoms with E-state index in [0.717, 1.165) is 29.8 Å². The van der Waals surface area contributed by atoms with E-state index >= 15 is 0 Å². The van der Waals surface area contributed by atoms with Crippen molar-refractivity contribution in [2.75, 3.05) is 0 Å². The zero-order chi connectivity index (χ0) is 10.7. The van der Waals surface area contributed by atoms with Crippen LogP contribution in [0.1, 0.15) is 0 Å². The molecule has 0 N–H and O–H groups in total. The van der Waals surface area contributed by atoms with Gasteiger partial charge in [0, 0.05) is 0 Å². The first-order valence-electron chi connectivity index (χ1n) is 2.40. The molecule has 14 heavy (non-hydrogen) atoms. The fraction of sp³-hybridized carbons (Fsp3) is 0. The van der Waals surface area contributed by atoms with Gasteiger partial charge in [-0.1, -0.05) is 0 Å². The van der Waals surface area contributed by atoms with Crippen LogP contribution in [0.5, 0.6) is 0 Å². The molecule has 0 unspecified atom stereocenters. The topological polar surface area (TPSA) is 143 Å². The summed E-state index contributed by atoms with van der Waals surface area (Å²) < 4.78 is 0. The van der Waals surface area contributed by atoms with Crippen LogP contribution in [0.4, 0.5) is 0 Å². The van der Waals surface area contributed by atoms with E-state index in [1.165, 1.54) is 0 Å². The Bertz CT molecular complexity index is 392. The number of nitriles is 6. The van der Waals surface area contributed by atoms with Crippen LogP contribution >= 0.6 is 0 Å². The normalized spacial score (nSPS) is 12.4. The molecule has 0 saturated carbocycles. The molecule has 6 nitrogen and oxygen atoms in total. The Morgan fingerprint density at radius 2 is 0.643 bits per heavy atom. The van der Waals surface area contributed by atoms with Crippen molar-refractivity contribution in [1.29, 1.82) is 31.6 Å². The fourth-order valence-electron chi connectivity index (χ4n) is 0.265. The molecule has 0 spiro atoms. The Labute approximate surface area is 122 Å². The van der Waals surface area contributed by atoms with Crippen LogP contribution < -0.4 is 51.4 Å². The van der Waals surface area contributed by atoms with Crippen molar-refractivity contribution >= 4 is 0 Å². The zero-order valence-electron chi connectivity index (χ0n) is 7.04. The van der Waals surface area contributed by atoms with Crippen molar-refractivity contribution in [2.45, 2.75) is 0 Å². The molecule has 0 radical (unpaired) electrons. The predicted molar refractivity (Wildman–Crippen MR) is 33.7 cm³/mol. The minimum Gasteiger partial charge on any atom is 1.00 e. The molecule has 0 rings (SSSR count). The average molecular weight is 251 g/mol. The second-order valence-corrected chi connectivity index (χ2v) is 7.42. The quantitative estimate of drug-likeness (QED) is 0.422. The summed E-state index contributed by atoms with van der Waals surface area (Å²) in [5.41, 5.74) is 0. The molecule has 0 aromatic rings. The minimum atomic E-state index is -6.17. The number of nitrogens with zero attached hydrogens (tertiary/aromatic N) is 6. The van der Waals surface area contributed by atoms with Gasteiger partial charge in [-0.05, 0) is 0 Å². The molecule has 0 aliphatic carbocycles. The summed E-state index contributed by atoms with van der Waals surface area (Å²) in [6.45, 7) is 0. The molecule has 0 atom stereocenters. The molecule has 0 aromatic carbocycles.